The fourth-order valence-corrected chi connectivity index (χ4v) is 2.89. The molecule has 0 saturated carbocycles. The summed E-state index contributed by atoms with van der Waals surface area (Å²) < 4.78 is 33.6. The highest BCUT2D eigenvalue weighted by molar-refractivity contribution is 7.92. The van der Waals surface area contributed by atoms with E-state index in [0.29, 0.717) is 5.69 Å². The number of hydrogen-bond donors (Lipinski definition) is 1. The summed E-state index contributed by atoms with van der Waals surface area (Å²) in [5.74, 6) is -1.88. The third-order valence-electron chi connectivity index (χ3n) is 4.02. The van der Waals surface area contributed by atoms with Gasteiger partial charge >= 0.3 is 11.9 Å². The molecule has 0 saturated heterocycles. The molecule has 0 atom stereocenters. The Bertz CT molecular complexity index is 1010. The first-order valence-electron chi connectivity index (χ1n) is 8.24. The highest BCUT2D eigenvalue weighted by Crippen LogP contribution is 2.20. The predicted molar refractivity (Wildman–Crippen MR) is 107 cm³/mol. The van der Waals surface area contributed by atoms with E-state index in [9.17, 15) is 22.8 Å². The van der Waals surface area contributed by atoms with Crippen molar-refractivity contribution in [2.45, 2.75) is 0 Å². The maximum Gasteiger partial charge on any atom is 0.337 e. The molecular weight excluding hydrogens is 400 g/mol. The van der Waals surface area contributed by atoms with Crippen LogP contribution < -0.4 is 9.62 Å². The van der Waals surface area contributed by atoms with Crippen LogP contribution in [0, 0.1) is 0 Å². The van der Waals surface area contributed by atoms with Gasteiger partial charge in [-0.15, -0.1) is 0 Å². The van der Waals surface area contributed by atoms with Crippen molar-refractivity contribution in [3.63, 3.8) is 0 Å². The highest BCUT2D eigenvalue weighted by Gasteiger charge is 2.16. The number of rotatable bonds is 6. The number of esters is 2. The lowest BCUT2D eigenvalue weighted by atomic mass is 10.1. The Morgan fingerprint density at radius 1 is 0.862 bits per heavy atom. The normalized spacial score (nSPS) is 10.8. The van der Waals surface area contributed by atoms with Gasteiger partial charge in [0, 0.05) is 18.3 Å². The molecule has 0 radical (unpaired) electrons. The van der Waals surface area contributed by atoms with Crippen LogP contribution in [0.3, 0.4) is 0 Å². The van der Waals surface area contributed by atoms with Gasteiger partial charge in [0.1, 0.15) is 0 Å². The number of benzene rings is 2. The molecule has 1 N–H and O–H groups in total. The number of nitrogens with one attached hydrogen (secondary N) is 1. The van der Waals surface area contributed by atoms with E-state index in [0.717, 1.165) is 10.6 Å². The van der Waals surface area contributed by atoms with E-state index in [1.165, 1.54) is 63.7 Å². The van der Waals surface area contributed by atoms with Crippen LogP contribution in [-0.2, 0) is 19.5 Å². The van der Waals surface area contributed by atoms with Gasteiger partial charge in [-0.05, 0) is 42.5 Å². The molecule has 9 nitrogen and oxygen atoms in total. The molecule has 1 amide bonds. The zero-order chi connectivity index (χ0) is 21.8. The van der Waals surface area contributed by atoms with Gasteiger partial charge in [0.2, 0.25) is 10.0 Å². The summed E-state index contributed by atoms with van der Waals surface area (Å²) in [6.45, 7) is 0. The van der Waals surface area contributed by atoms with E-state index in [4.69, 9.17) is 0 Å². The van der Waals surface area contributed by atoms with Crippen LogP contribution in [0.25, 0.3) is 0 Å². The van der Waals surface area contributed by atoms with Gasteiger partial charge in [0.05, 0.1) is 37.3 Å². The van der Waals surface area contributed by atoms with E-state index in [1.54, 1.807) is 0 Å². The number of hydrogen-bond acceptors (Lipinski definition) is 7. The molecule has 0 aliphatic carbocycles. The molecular formula is C19H20N2O7S. The number of anilines is 2. The Morgan fingerprint density at radius 2 is 1.34 bits per heavy atom. The predicted octanol–water partition coefficient (Wildman–Crippen LogP) is 1.91. The average Bonchev–Trinajstić information content (AvgIpc) is 2.71. The molecule has 10 heteroatoms. The van der Waals surface area contributed by atoms with Gasteiger partial charge in [0.25, 0.3) is 5.91 Å². The molecule has 0 aliphatic heterocycles. The van der Waals surface area contributed by atoms with Gasteiger partial charge in [0.15, 0.2) is 0 Å². The number of ether oxygens (including phenoxy) is 2. The quantitative estimate of drug-likeness (QED) is 0.709. The first-order valence-corrected chi connectivity index (χ1v) is 10.1. The van der Waals surface area contributed by atoms with Crippen molar-refractivity contribution in [3.8, 4) is 0 Å². The second-order valence-electron chi connectivity index (χ2n) is 6.01. The Labute approximate surface area is 168 Å². The lowest BCUT2D eigenvalue weighted by Crippen LogP contribution is -2.24. The fraction of sp³-hybridized carbons (Fsp3) is 0.211. The van der Waals surface area contributed by atoms with Gasteiger partial charge in [-0.2, -0.15) is 0 Å². The van der Waals surface area contributed by atoms with Crippen molar-refractivity contribution in [1.82, 2.24) is 0 Å². The minimum atomic E-state index is -3.42. The molecule has 0 unspecified atom stereocenters. The first-order chi connectivity index (χ1) is 13.6. The summed E-state index contributed by atoms with van der Waals surface area (Å²) in [7, 11) is 0.366. The molecule has 2 aromatic carbocycles. The number of carbonyl (C=O) groups is 3. The topological polar surface area (TPSA) is 119 Å². The van der Waals surface area contributed by atoms with Crippen LogP contribution >= 0.6 is 0 Å². The van der Waals surface area contributed by atoms with Crippen molar-refractivity contribution < 1.29 is 32.3 Å². The lowest BCUT2D eigenvalue weighted by molar-refractivity contribution is 0.0599. The van der Waals surface area contributed by atoms with Crippen molar-refractivity contribution in [2.24, 2.45) is 0 Å². The molecule has 0 heterocycles. The molecule has 2 rings (SSSR count). The maximum atomic E-state index is 12.5. The molecule has 0 spiro atoms. The Kier molecular flexibility index (Phi) is 6.60. The van der Waals surface area contributed by atoms with Gasteiger partial charge in [-0.25, -0.2) is 18.0 Å². The molecule has 0 aromatic heterocycles. The van der Waals surface area contributed by atoms with E-state index >= 15 is 0 Å². The monoisotopic (exact) mass is 420 g/mol. The SMILES string of the molecule is COC(=O)c1cc(NC(=O)c2ccc(N(C)S(C)(=O)=O)cc2)cc(C(=O)OC)c1. The summed E-state index contributed by atoms with van der Waals surface area (Å²) in [4.78, 5) is 36.2. The third kappa shape index (κ3) is 5.32. The smallest absolute Gasteiger partial charge is 0.337 e. The number of amides is 1. The number of carbonyl (C=O) groups excluding carboxylic acids is 3. The van der Waals surface area contributed by atoms with Crippen LogP contribution in [-0.4, -0.2) is 53.8 Å². The fourth-order valence-electron chi connectivity index (χ4n) is 2.39. The molecule has 0 aliphatic rings. The molecule has 29 heavy (non-hydrogen) atoms. The summed E-state index contributed by atoms with van der Waals surface area (Å²) in [5, 5.41) is 2.59. The van der Waals surface area contributed by atoms with E-state index in [1.807, 2.05) is 0 Å². The number of methoxy groups -OCH3 is 2. The summed E-state index contributed by atoms with van der Waals surface area (Å²) >= 11 is 0. The van der Waals surface area contributed by atoms with Crippen LogP contribution in [0.5, 0.6) is 0 Å². The minimum Gasteiger partial charge on any atom is -0.465 e. The number of sulfonamides is 1. The lowest BCUT2D eigenvalue weighted by Gasteiger charge is -2.16. The van der Waals surface area contributed by atoms with Crippen LogP contribution in [0.15, 0.2) is 42.5 Å². The van der Waals surface area contributed by atoms with Crippen molar-refractivity contribution in [2.75, 3.05) is 37.1 Å². The molecule has 154 valence electrons. The zero-order valence-corrected chi connectivity index (χ0v) is 17.1. The Balaban J connectivity index is 2.30. The zero-order valence-electron chi connectivity index (χ0n) is 16.3. The summed E-state index contributed by atoms with van der Waals surface area (Å²) in [6, 6.07) is 9.91. The van der Waals surface area contributed by atoms with Crippen molar-refractivity contribution in [1.29, 1.82) is 0 Å². The summed E-state index contributed by atoms with van der Waals surface area (Å²) in [6.07, 6.45) is 1.07. The van der Waals surface area contributed by atoms with Gasteiger partial charge in [-0.3, -0.25) is 9.10 Å². The Morgan fingerprint density at radius 3 is 1.76 bits per heavy atom. The molecule has 0 bridgehead atoms. The average molecular weight is 420 g/mol. The molecule has 0 fully saturated rings. The molecule has 2 aromatic rings. The van der Waals surface area contributed by atoms with Gasteiger partial charge in [-0.1, -0.05) is 0 Å². The number of nitrogens with zero attached hydrogens (tertiary/aromatic N) is 1. The van der Waals surface area contributed by atoms with Crippen LogP contribution in [0.2, 0.25) is 0 Å². The minimum absolute atomic E-state index is 0.0656. The third-order valence-corrected chi connectivity index (χ3v) is 5.23. The standard InChI is InChI=1S/C19H20N2O7S/c1-21(29(4,25)26)16-7-5-12(6-8-16)17(22)20-15-10-13(18(23)27-2)9-14(11-15)19(24)28-3/h5-11H,1-4H3,(H,20,22). The van der Waals surface area contributed by atoms with Gasteiger partial charge < -0.3 is 14.8 Å². The van der Waals surface area contributed by atoms with Crippen LogP contribution in [0.1, 0.15) is 31.1 Å². The van der Waals surface area contributed by atoms with E-state index < -0.39 is 27.9 Å². The second kappa shape index (κ2) is 8.74. The Hall–Kier alpha value is -3.40. The largest absolute Gasteiger partial charge is 0.465 e. The van der Waals surface area contributed by atoms with Crippen molar-refractivity contribution in [3.05, 3.63) is 59.2 Å². The maximum absolute atomic E-state index is 12.5. The van der Waals surface area contributed by atoms with E-state index in [-0.39, 0.29) is 22.4 Å². The highest BCUT2D eigenvalue weighted by atomic mass is 32.2. The van der Waals surface area contributed by atoms with Crippen LogP contribution in [0.4, 0.5) is 11.4 Å². The summed E-state index contributed by atoms with van der Waals surface area (Å²) in [5.41, 5.74) is 0.964. The first kappa shape index (κ1) is 21.9. The second-order valence-corrected chi connectivity index (χ2v) is 8.03. The van der Waals surface area contributed by atoms with E-state index in [2.05, 4.69) is 14.8 Å². The van der Waals surface area contributed by atoms with Crippen molar-refractivity contribution >= 4 is 39.2 Å².